The van der Waals surface area contributed by atoms with Crippen molar-refractivity contribution in [3.8, 4) is 23.1 Å². The van der Waals surface area contributed by atoms with Crippen LogP contribution in [0.4, 0.5) is 5.69 Å². The highest BCUT2D eigenvalue weighted by Crippen LogP contribution is 2.23. The number of nitrogens with one attached hydrogen (secondary N) is 1. The van der Waals surface area contributed by atoms with Crippen molar-refractivity contribution in [2.75, 3.05) is 11.9 Å². The van der Waals surface area contributed by atoms with Gasteiger partial charge in [0.2, 0.25) is 0 Å². The molecule has 0 aliphatic carbocycles. The van der Waals surface area contributed by atoms with Crippen LogP contribution in [0.15, 0.2) is 76.7 Å². The molecule has 5 nitrogen and oxygen atoms in total. The fourth-order valence-electron chi connectivity index (χ4n) is 2.48. The summed E-state index contributed by atoms with van der Waals surface area (Å²) in [5, 5.41) is 12.0. The SMILES string of the molecule is CCOc1ccc(NC(=O)C(C#N)=Cc2ccc(-c3ccccc3)o2)cc1. The summed E-state index contributed by atoms with van der Waals surface area (Å²) >= 11 is 0. The van der Waals surface area contributed by atoms with Crippen LogP contribution >= 0.6 is 0 Å². The number of hydrogen-bond acceptors (Lipinski definition) is 4. The van der Waals surface area contributed by atoms with Gasteiger partial charge < -0.3 is 14.5 Å². The molecule has 1 N–H and O–H groups in total. The summed E-state index contributed by atoms with van der Waals surface area (Å²) < 4.78 is 11.1. The first kappa shape index (κ1) is 18.0. The number of furan rings is 1. The number of hydrogen-bond donors (Lipinski definition) is 1. The number of anilines is 1. The average molecular weight is 358 g/mol. The Morgan fingerprint density at radius 3 is 2.52 bits per heavy atom. The number of benzene rings is 2. The van der Waals surface area contributed by atoms with Crippen LogP contribution in [0, 0.1) is 11.3 Å². The van der Waals surface area contributed by atoms with Crippen molar-refractivity contribution in [2.45, 2.75) is 6.92 Å². The van der Waals surface area contributed by atoms with E-state index in [0.717, 1.165) is 11.3 Å². The van der Waals surface area contributed by atoms with E-state index in [2.05, 4.69) is 5.32 Å². The van der Waals surface area contributed by atoms with Crippen LogP contribution in [0.25, 0.3) is 17.4 Å². The molecule has 27 heavy (non-hydrogen) atoms. The number of nitrogens with zero attached hydrogens (tertiary/aromatic N) is 1. The quantitative estimate of drug-likeness (QED) is 0.503. The lowest BCUT2D eigenvalue weighted by atomic mass is 10.2. The van der Waals surface area contributed by atoms with E-state index < -0.39 is 5.91 Å². The first-order chi connectivity index (χ1) is 13.2. The molecular weight excluding hydrogens is 340 g/mol. The summed E-state index contributed by atoms with van der Waals surface area (Å²) in [5.74, 6) is 1.33. The summed E-state index contributed by atoms with van der Waals surface area (Å²) in [5.41, 5.74) is 1.46. The maximum atomic E-state index is 12.4. The summed E-state index contributed by atoms with van der Waals surface area (Å²) in [6.07, 6.45) is 1.43. The smallest absolute Gasteiger partial charge is 0.266 e. The lowest BCUT2D eigenvalue weighted by Crippen LogP contribution is -2.13. The second kappa shape index (κ2) is 8.54. The fraction of sp³-hybridized carbons (Fsp3) is 0.0909. The van der Waals surface area contributed by atoms with E-state index in [0.29, 0.717) is 23.8 Å². The molecule has 0 aliphatic heterocycles. The second-order valence-corrected chi connectivity index (χ2v) is 5.65. The van der Waals surface area contributed by atoms with Crippen LogP contribution in [0.2, 0.25) is 0 Å². The van der Waals surface area contributed by atoms with E-state index >= 15 is 0 Å². The zero-order chi connectivity index (χ0) is 19.1. The molecule has 0 unspecified atom stereocenters. The van der Waals surface area contributed by atoms with Gasteiger partial charge in [-0.3, -0.25) is 4.79 Å². The molecule has 0 aliphatic rings. The van der Waals surface area contributed by atoms with Crippen LogP contribution in [0.3, 0.4) is 0 Å². The van der Waals surface area contributed by atoms with Crippen molar-refractivity contribution in [3.63, 3.8) is 0 Å². The lowest BCUT2D eigenvalue weighted by molar-refractivity contribution is -0.112. The summed E-state index contributed by atoms with van der Waals surface area (Å²) in [7, 11) is 0. The Balaban J connectivity index is 1.73. The Hall–Kier alpha value is -3.78. The molecule has 1 amide bonds. The largest absolute Gasteiger partial charge is 0.494 e. The molecule has 3 rings (SSSR count). The maximum absolute atomic E-state index is 12.4. The molecule has 0 radical (unpaired) electrons. The van der Waals surface area contributed by atoms with Crippen LogP contribution < -0.4 is 10.1 Å². The van der Waals surface area contributed by atoms with Crippen LogP contribution in [-0.4, -0.2) is 12.5 Å². The van der Waals surface area contributed by atoms with Gasteiger partial charge in [0.15, 0.2) is 0 Å². The summed E-state index contributed by atoms with van der Waals surface area (Å²) in [4.78, 5) is 12.4. The lowest BCUT2D eigenvalue weighted by Gasteiger charge is -2.06. The highest BCUT2D eigenvalue weighted by atomic mass is 16.5. The fourth-order valence-corrected chi connectivity index (χ4v) is 2.48. The molecular formula is C22H18N2O3. The van der Waals surface area contributed by atoms with Crippen molar-refractivity contribution in [1.82, 2.24) is 0 Å². The van der Waals surface area contributed by atoms with E-state index in [1.165, 1.54) is 6.08 Å². The normalized spacial score (nSPS) is 10.9. The monoisotopic (exact) mass is 358 g/mol. The zero-order valence-electron chi connectivity index (χ0n) is 14.8. The van der Waals surface area contributed by atoms with Crippen molar-refractivity contribution in [3.05, 3.63) is 78.1 Å². The molecule has 0 fully saturated rings. The average Bonchev–Trinajstić information content (AvgIpc) is 3.17. The van der Waals surface area contributed by atoms with Crippen molar-refractivity contribution in [2.24, 2.45) is 0 Å². The van der Waals surface area contributed by atoms with Crippen molar-refractivity contribution in [1.29, 1.82) is 5.26 Å². The predicted molar refractivity (Wildman–Crippen MR) is 104 cm³/mol. The molecule has 1 heterocycles. The Labute approximate surface area is 157 Å². The maximum Gasteiger partial charge on any atom is 0.266 e. The van der Waals surface area contributed by atoms with E-state index in [-0.39, 0.29) is 5.57 Å². The van der Waals surface area contributed by atoms with Gasteiger partial charge in [-0.2, -0.15) is 5.26 Å². The molecule has 0 saturated heterocycles. The second-order valence-electron chi connectivity index (χ2n) is 5.65. The molecule has 134 valence electrons. The van der Waals surface area contributed by atoms with E-state index in [1.807, 2.05) is 43.3 Å². The Kier molecular flexibility index (Phi) is 5.70. The van der Waals surface area contributed by atoms with Crippen molar-refractivity contribution < 1.29 is 13.9 Å². The van der Waals surface area contributed by atoms with Crippen molar-refractivity contribution >= 4 is 17.7 Å². The van der Waals surface area contributed by atoms with Gasteiger partial charge in [0, 0.05) is 17.3 Å². The van der Waals surface area contributed by atoms with Gasteiger partial charge in [-0.05, 0) is 43.3 Å². The highest BCUT2D eigenvalue weighted by Gasteiger charge is 2.11. The van der Waals surface area contributed by atoms with Gasteiger partial charge in [-0.15, -0.1) is 0 Å². The molecule has 0 spiro atoms. The van der Waals surface area contributed by atoms with Crippen LogP contribution in [-0.2, 0) is 4.79 Å². The third kappa shape index (κ3) is 4.65. The van der Waals surface area contributed by atoms with Gasteiger partial charge >= 0.3 is 0 Å². The molecule has 0 atom stereocenters. The minimum absolute atomic E-state index is 0.0437. The van der Waals surface area contributed by atoms with Gasteiger partial charge in [-0.1, -0.05) is 30.3 Å². The van der Waals surface area contributed by atoms with E-state index in [9.17, 15) is 10.1 Å². The van der Waals surface area contributed by atoms with Gasteiger partial charge in [-0.25, -0.2) is 0 Å². The molecule has 2 aromatic carbocycles. The van der Waals surface area contributed by atoms with Gasteiger partial charge in [0.25, 0.3) is 5.91 Å². The summed E-state index contributed by atoms with van der Waals surface area (Å²) in [6, 6.07) is 22.0. The standard InChI is InChI=1S/C22H18N2O3/c1-2-26-19-10-8-18(9-11-19)24-22(25)17(15-23)14-20-12-13-21(27-20)16-6-4-3-5-7-16/h3-14H,2H2,1H3,(H,24,25). The number of amides is 1. The highest BCUT2D eigenvalue weighted by molar-refractivity contribution is 6.09. The number of ether oxygens (including phenoxy) is 1. The molecule has 3 aromatic rings. The van der Waals surface area contributed by atoms with Gasteiger partial charge in [0.1, 0.15) is 28.9 Å². The third-order valence-electron chi connectivity index (χ3n) is 3.76. The molecule has 1 aromatic heterocycles. The molecule has 0 saturated carbocycles. The third-order valence-corrected chi connectivity index (χ3v) is 3.76. The van der Waals surface area contributed by atoms with Gasteiger partial charge in [0.05, 0.1) is 6.61 Å². The molecule has 0 bridgehead atoms. The first-order valence-corrected chi connectivity index (χ1v) is 8.51. The Bertz CT molecular complexity index is 980. The predicted octanol–water partition coefficient (Wildman–Crippen LogP) is 4.89. The zero-order valence-corrected chi connectivity index (χ0v) is 14.8. The Morgan fingerprint density at radius 2 is 1.85 bits per heavy atom. The van der Waals surface area contributed by atoms with E-state index in [1.54, 1.807) is 36.4 Å². The minimum atomic E-state index is -0.501. The topological polar surface area (TPSA) is 75.3 Å². The number of carbonyl (C=O) groups is 1. The van der Waals surface area contributed by atoms with E-state index in [4.69, 9.17) is 9.15 Å². The molecule has 5 heteroatoms. The Morgan fingerprint density at radius 1 is 1.11 bits per heavy atom. The number of carbonyl (C=O) groups excluding carboxylic acids is 1. The number of nitriles is 1. The van der Waals surface area contributed by atoms with Crippen LogP contribution in [0.1, 0.15) is 12.7 Å². The summed E-state index contributed by atoms with van der Waals surface area (Å²) in [6.45, 7) is 2.47. The minimum Gasteiger partial charge on any atom is -0.494 e. The number of rotatable bonds is 6. The van der Waals surface area contributed by atoms with Crippen LogP contribution in [0.5, 0.6) is 5.75 Å². The first-order valence-electron chi connectivity index (χ1n) is 8.51.